The number of benzene rings is 1. The molecule has 0 amide bonds. The van der Waals surface area contributed by atoms with E-state index in [1.54, 1.807) is 12.1 Å². The zero-order valence-electron chi connectivity index (χ0n) is 10.0. The molecule has 0 saturated heterocycles. The molecule has 0 aliphatic heterocycles. The Balaban J connectivity index is 1.77. The molecule has 0 unspecified atom stereocenters. The van der Waals surface area contributed by atoms with E-state index in [4.69, 9.17) is 16.7 Å². The van der Waals surface area contributed by atoms with E-state index in [1.807, 2.05) is 0 Å². The SMILES string of the molecule is O=C(O)c1ccc(NC(C2CC2)C2CC2)c(Cl)c1. The fraction of sp³-hybridized carbons (Fsp3) is 0.500. The number of carboxylic acid groups (broad SMARTS) is 1. The number of halogens is 1. The summed E-state index contributed by atoms with van der Waals surface area (Å²) in [6, 6.07) is 5.43. The Bertz CT molecular complexity index is 469. The van der Waals surface area contributed by atoms with E-state index >= 15 is 0 Å². The highest BCUT2D eigenvalue weighted by Crippen LogP contribution is 2.46. The first kappa shape index (κ1) is 11.8. The van der Waals surface area contributed by atoms with Gasteiger partial charge in [0.05, 0.1) is 16.3 Å². The van der Waals surface area contributed by atoms with Gasteiger partial charge in [0.15, 0.2) is 0 Å². The maximum absolute atomic E-state index is 10.8. The molecule has 1 aromatic rings. The van der Waals surface area contributed by atoms with Crippen molar-refractivity contribution in [2.45, 2.75) is 31.7 Å². The van der Waals surface area contributed by atoms with E-state index < -0.39 is 5.97 Å². The zero-order valence-corrected chi connectivity index (χ0v) is 10.8. The standard InChI is InChI=1S/C14H16ClNO2/c15-11-7-10(14(17)18)5-6-12(11)16-13(8-1-2-8)9-3-4-9/h5-9,13,16H,1-4H2,(H,17,18). The monoisotopic (exact) mass is 265 g/mol. The van der Waals surface area contributed by atoms with Crippen LogP contribution in [0.5, 0.6) is 0 Å². The summed E-state index contributed by atoms with van der Waals surface area (Å²) in [7, 11) is 0. The number of aromatic carboxylic acids is 1. The van der Waals surface area contributed by atoms with E-state index in [-0.39, 0.29) is 5.56 Å². The van der Waals surface area contributed by atoms with Crippen LogP contribution in [0.3, 0.4) is 0 Å². The number of rotatable bonds is 5. The molecule has 0 heterocycles. The van der Waals surface area contributed by atoms with E-state index in [9.17, 15) is 4.79 Å². The molecule has 18 heavy (non-hydrogen) atoms. The van der Waals surface area contributed by atoms with Crippen molar-refractivity contribution in [1.82, 2.24) is 0 Å². The lowest BCUT2D eigenvalue weighted by molar-refractivity contribution is 0.0697. The summed E-state index contributed by atoms with van der Waals surface area (Å²) in [6.07, 6.45) is 5.22. The van der Waals surface area contributed by atoms with Gasteiger partial charge < -0.3 is 10.4 Å². The number of hydrogen-bond acceptors (Lipinski definition) is 2. The minimum absolute atomic E-state index is 0.236. The average molecular weight is 266 g/mol. The molecule has 0 atom stereocenters. The molecule has 2 saturated carbocycles. The second kappa shape index (κ2) is 4.47. The second-order valence-electron chi connectivity index (χ2n) is 5.34. The molecular formula is C14H16ClNO2. The number of nitrogens with one attached hydrogen (secondary N) is 1. The van der Waals surface area contributed by atoms with Crippen molar-refractivity contribution in [3.8, 4) is 0 Å². The molecule has 3 rings (SSSR count). The van der Waals surface area contributed by atoms with Gasteiger partial charge >= 0.3 is 5.97 Å². The highest BCUT2D eigenvalue weighted by molar-refractivity contribution is 6.33. The van der Waals surface area contributed by atoms with Gasteiger partial charge in [-0.1, -0.05) is 11.6 Å². The van der Waals surface area contributed by atoms with Gasteiger partial charge in [-0.3, -0.25) is 0 Å². The first-order chi connectivity index (χ1) is 8.65. The Labute approximate surface area is 111 Å². The minimum Gasteiger partial charge on any atom is -0.478 e. The predicted octanol–water partition coefficient (Wildman–Crippen LogP) is 3.64. The third kappa shape index (κ3) is 2.46. The summed E-state index contributed by atoms with van der Waals surface area (Å²) < 4.78 is 0. The zero-order chi connectivity index (χ0) is 12.7. The van der Waals surface area contributed by atoms with Crippen LogP contribution in [0.25, 0.3) is 0 Å². The van der Waals surface area contributed by atoms with Gasteiger partial charge in [0.1, 0.15) is 0 Å². The maximum atomic E-state index is 10.8. The van der Waals surface area contributed by atoms with Crippen molar-refractivity contribution >= 4 is 23.3 Å². The maximum Gasteiger partial charge on any atom is 0.335 e. The Kier molecular flexibility index (Phi) is 2.94. The molecule has 2 N–H and O–H groups in total. The Morgan fingerprint density at radius 3 is 2.33 bits per heavy atom. The molecule has 0 spiro atoms. The van der Waals surface area contributed by atoms with Crippen LogP contribution in [-0.2, 0) is 0 Å². The average Bonchev–Trinajstić information content (AvgIpc) is 3.19. The summed E-state index contributed by atoms with van der Waals surface area (Å²) in [5.41, 5.74) is 1.10. The molecule has 0 bridgehead atoms. The Morgan fingerprint density at radius 2 is 1.89 bits per heavy atom. The molecular weight excluding hydrogens is 250 g/mol. The van der Waals surface area contributed by atoms with Crippen LogP contribution in [0.1, 0.15) is 36.0 Å². The van der Waals surface area contributed by atoms with Gasteiger partial charge in [0.25, 0.3) is 0 Å². The fourth-order valence-electron chi connectivity index (χ4n) is 2.48. The number of hydrogen-bond donors (Lipinski definition) is 2. The van der Waals surface area contributed by atoms with Gasteiger partial charge in [-0.15, -0.1) is 0 Å². The lowest BCUT2D eigenvalue weighted by Gasteiger charge is -2.20. The van der Waals surface area contributed by atoms with Gasteiger partial charge in [0, 0.05) is 6.04 Å². The van der Waals surface area contributed by atoms with Crippen molar-refractivity contribution in [3.63, 3.8) is 0 Å². The summed E-state index contributed by atoms with van der Waals surface area (Å²) in [4.78, 5) is 10.8. The molecule has 1 aromatic carbocycles. The lowest BCUT2D eigenvalue weighted by Crippen LogP contribution is -2.24. The predicted molar refractivity (Wildman–Crippen MR) is 71.3 cm³/mol. The van der Waals surface area contributed by atoms with Crippen LogP contribution in [0.4, 0.5) is 5.69 Å². The van der Waals surface area contributed by atoms with Crippen molar-refractivity contribution in [2.24, 2.45) is 11.8 Å². The third-order valence-corrected chi connectivity index (χ3v) is 4.11. The van der Waals surface area contributed by atoms with Crippen molar-refractivity contribution < 1.29 is 9.90 Å². The minimum atomic E-state index is -0.940. The Morgan fingerprint density at radius 1 is 1.28 bits per heavy atom. The van der Waals surface area contributed by atoms with Crippen LogP contribution >= 0.6 is 11.6 Å². The van der Waals surface area contributed by atoms with Crippen molar-refractivity contribution in [3.05, 3.63) is 28.8 Å². The summed E-state index contributed by atoms with van der Waals surface area (Å²) >= 11 is 6.14. The van der Waals surface area contributed by atoms with Crippen LogP contribution in [0.2, 0.25) is 5.02 Å². The van der Waals surface area contributed by atoms with Crippen LogP contribution < -0.4 is 5.32 Å². The number of carbonyl (C=O) groups is 1. The van der Waals surface area contributed by atoms with E-state index in [0.29, 0.717) is 11.1 Å². The highest BCUT2D eigenvalue weighted by atomic mass is 35.5. The molecule has 0 radical (unpaired) electrons. The fourth-order valence-corrected chi connectivity index (χ4v) is 2.71. The number of carboxylic acids is 1. The molecule has 3 nitrogen and oxygen atoms in total. The van der Waals surface area contributed by atoms with Gasteiger partial charge in [-0.05, 0) is 55.7 Å². The van der Waals surface area contributed by atoms with E-state index in [1.165, 1.54) is 31.7 Å². The largest absolute Gasteiger partial charge is 0.478 e. The smallest absolute Gasteiger partial charge is 0.335 e. The summed E-state index contributed by atoms with van der Waals surface area (Å²) in [5.74, 6) is 0.629. The molecule has 0 aromatic heterocycles. The van der Waals surface area contributed by atoms with Crippen molar-refractivity contribution in [2.75, 3.05) is 5.32 Å². The van der Waals surface area contributed by atoms with Gasteiger partial charge in [0.2, 0.25) is 0 Å². The van der Waals surface area contributed by atoms with Crippen LogP contribution in [0, 0.1) is 11.8 Å². The first-order valence-electron chi connectivity index (χ1n) is 6.44. The summed E-state index contributed by atoms with van der Waals surface area (Å²) in [5, 5.41) is 12.9. The normalized spacial score (nSPS) is 19.0. The van der Waals surface area contributed by atoms with Crippen LogP contribution in [-0.4, -0.2) is 17.1 Å². The third-order valence-electron chi connectivity index (χ3n) is 3.80. The molecule has 96 valence electrons. The quantitative estimate of drug-likeness (QED) is 0.855. The lowest BCUT2D eigenvalue weighted by atomic mass is 10.1. The molecule has 2 aliphatic carbocycles. The molecule has 2 aliphatic rings. The molecule has 4 heteroatoms. The topological polar surface area (TPSA) is 49.3 Å². The Hall–Kier alpha value is -1.22. The number of anilines is 1. The second-order valence-corrected chi connectivity index (χ2v) is 5.75. The van der Waals surface area contributed by atoms with E-state index in [0.717, 1.165) is 17.5 Å². The summed E-state index contributed by atoms with van der Waals surface area (Å²) in [6.45, 7) is 0. The molecule has 2 fully saturated rings. The first-order valence-corrected chi connectivity index (χ1v) is 6.82. The van der Waals surface area contributed by atoms with E-state index in [2.05, 4.69) is 5.32 Å². The van der Waals surface area contributed by atoms with Crippen LogP contribution in [0.15, 0.2) is 18.2 Å². The van der Waals surface area contributed by atoms with Gasteiger partial charge in [-0.2, -0.15) is 0 Å². The highest BCUT2D eigenvalue weighted by Gasteiger charge is 2.41. The van der Waals surface area contributed by atoms with Crippen molar-refractivity contribution in [1.29, 1.82) is 0 Å². The van der Waals surface area contributed by atoms with Gasteiger partial charge in [-0.25, -0.2) is 4.79 Å².